The maximum atomic E-state index is 12.3. The number of nitrogens with zero attached hydrogens (tertiary/aromatic N) is 2. The molecule has 0 aliphatic rings. The normalized spacial score (nSPS) is 10.7. The smallest absolute Gasteiger partial charge is 0.258 e. The zero-order valence-electron chi connectivity index (χ0n) is 12.5. The second-order valence-electron chi connectivity index (χ2n) is 5.22. The number of nitrogens with one attached hydrogen (secondary N) is 1. The van der Waals surface area contributed by atoms with Gasteiger partial charge in [0.1, 0.15) is 10.6 Å². The van der Waals surface area contributed by atoms with Crippen molar-refractivity contribution in [2.75, 3.05) is 17.7 Å². The number of hydrogen-bond acceptors (Lipinski definition) is 5. The summed E-state index contributed by atoms with van der Waals surface area (Å²) in [7, 11) is 1.94. The molecule has 3 N–H and O–H groups in total. The molecule has 0 saturated heterocycles. The molecule has 0 bridgehead atoms. The molecule has 0 atom stereocenters. The predicted octanol–water partition coefficient (Wildman–Crippen LogP) is 2.50. The summed E-state index contributed by atoms with van der Waals surface area (Å²) in [6.07, 6.45) is 0. The lowest BCUT2D eigenvalue weighted by atomic mass is 10.2. The standard InChI is InChI=1S/C15H20N4OS/c1-10(2)17-14(20)12-13(16)18-21-15(12)19(3)9-11-7-5-4-6-8-11/h4-8,10H,9H2,1-3H3,(H2,16,18)(H,17,20). The number of carbonyl (C=O) groups is 1. The average molecular weight is 304 g/mol. The fourth-order valence-corrected chi connectivity index (χ4v) is 2.80. The van der Waals surface area contributed by atoms with Crippen LogP contribution in [0.25, 0.3) is 0 Å². The van der Waals surface area contributed by atoms with Gasteiger partial charge in [-0.2, -0.15) is 4.37 Å². The Labute approximate surface area is 128 Å². The molecule has 5 nitrogen and oxygen atoms in total. The van der Waals surface area contributed by atoms with Crippen molar-refractivity contribution in [3.63, 3.8) is 0 Å². The molecule has 0 saturated carbocycles. The van der Waals surface area contributed by atoms with Gasteiger partial charge >= 0.3 is 0 Å². The number of nitrogen functional groups attached to an aromatic ring is 1. The minimum absolute atomic E-state index is 0.0593. The molecule has 1 heterocycles. The van der Waals surface area contributed by atoms with Gasteiger partial charge in [0.05, 0.1) is 0 Å². The van der Waals surface area contributed by atoms with E-state index in [-0.39, 0.29) is 17.8 Å². The molecule has 21 heavy (non-hydrogen) atoms. The van der Waals surface area contributed by atoms with Gasteiger partial charge in [0, 0.05) is 19.6 Å². The molecule has 0 aliphatic carbocycles. The van der Waals surface area contributed by atoms with Crippen molar-refractivity contribution in [1.82, 2.24) is 9.69 Å². The lowest BCUT2D eigenvalue weighted by molar-refractivity contribution is 0.0944. The Hall–Kier alpha value is -2.08. The first kappa shape index (κ1) is 15.3. The molecule has 0 aliphatic heterocycles. The molecular formula is C15H20N4OS. The summed E-state index contributed by atoms with van der Waals surface area (Å²) >= 11 is 1.25. The largest absolute Gasteiger partial charge is 0.382 e. The molecule has 0 fully saturated rings. The van der Waals surface area contributed by atoms with E-state index in [2.05, 4.69) is 21.8 Å². The van der Waals surface area contributed by atoms with Crippen LogP contribution in [0.1, 0.15) is 29.8 Å². The van der Waals surface area contributed by atoms with Gasteiger partial charge in [0.15, 0.2) is 5.82 Å². The highest BCUT2D eigenvalue weighted by molar-refractivity contribution is 7.11. The SMILES string of the molecule is CC(C)NC(=O)c1c(N)nsc1N(C)Cc1ccccc1. The minimum atomic E-state index is -0.175. The fourth-order valence-electron chi connectivity index (χ4n) is 2.03. The van der Waals surface area contributed by atoms with Crippen LogP contribution >= 0.6 is 11.5 Å². The average Bonchev–Trinajstić information content (AvgIpc) is 2.81. The highest BCUT2D eigenvalue weighted by Crippen LogP contribution is 2.30. The Morgan fingerprint density at radius 1 is 1.38 bits per heavy atom. The monoisotopic (exact) mass is 304 g/mol. The van der Waals surface area contributed by atoms with E-state index in [9.17, 15) is 4.79 Å². The first-order valence-electron chi connectivity index (χ1n) is 6.80. The van der Waals surface area contributed by atoms with Crippen molar-refractivity contribution in [3.05, 3.63) is 41.5 Å². The topological polar surface area (TPSA) is 71.2 Å². The highest BCUT2D eigenvalue weighted by Gasteiger charge is 2.22. The third-order valence-electron chi connectivity index (χ3n) is 2.96. The molecule has 1 aromatic heterocycles. The molecule has 1 aromatic carbocycles. The van der Waals surface area contributed by atoms with Crippen LogP contribution in [0, 0.1) is 0 Å². The van der Waals surface area contributed by atoms with Crippen LogP contribution in [-0.4, -0.2) is 23.4 Å². The summed E-state index contributed by atoms with van der Waals surface area (Å²) in [5.74, 6) is 0.110. The Morgan fingerprint density at radius 3 is 2.67 bits per heavy atom. The summed E-state index contributed by atoms with van der Waals surface area (Å²) in [4.78, 5) is 14.3. The number of nitrogens with two attached hydrogens (primary N) is 1. The molecule has 2 aromatic rings. The maximum absolute atomic E-state index is 12.3. The van der Waals surface area contributed by atoms with Gasteiger partial charge in [0.25, 0.3) is 5.91 Å². The number of amides is 1. The van der Waals surface area contributed by atoms with Crippen molar-refractivity contribution in [3.8, 4) is 0 Å². The van der Waals surface area contributed by atoms with E-state index in [4.69, 9.17) is 5.73 Å². The van der Waals surface area contributed by atoms with E-state index in [1.807, 2.05) is 44.0 Å². The van der Waals surface area contributed by atoms with E-state index in [1.165, 1.54) is 17.1 Å². The van der Waals surface area contributed by atoms with Crippen molar-refractivity contribution >= 4 is 28.3 Å². The zero-order chi connectivity index (χ0) is 15.4. The summed E-state index contributed by atoms with van der Waals surface area (Å²) in [5, 5.41) is 3.65. The second-order valence-corrected chi connectivity index (χ2v) is 5.97. The van der Waals surface area contributed by atoms with Crippen LogP contribution in [0.5, 0.6) is 0 Å². The second kappa shape index (κ2) is 6.58. The van der Waals surface area contributed by atoms with Gasteiger partial charge in [-0.3, -0.25) is 4.79 Å². The third-order valence-corrected chi connectivity index (χ3v) is 3.93. The van der Waals surface area contributed by atoms with E-state index in [1.54, 1.807) is 0 Å². The predicted molar refractivity (Wildman–Crippen MR) is 87.7 cm³/mol. The fraction of sp³-hybridized carbons (Fsp3) is 0.333. The number of anilines is 2. The van der Waals surface area contributed by atoms with Crippen molar-refractivity contribution < 1.29 is 4.79 Å². The summed E-state index contributed by atoms with van der Waals surface area (Å²) < 4.78 is 4.12. The van der Waals surface area contributed by atoms with E-state index >= 15 is 0 Å². The van der Waals surface area contributed by atoms with Crippen LogP contribution in [0.2, 0.25) is 0 Å². The number of rotatable bonds is 5. The molecule has 6 heteroatoms. The lowest BCUT2D eigenvalue weighted by Crippen LogP contribution is -2.31. The maximum Gasteiger partial charge on any atom is 0.258 e. The van der Waals surface area contributed by atoms with Crippen molar-refractivity contribution in [2.24, 2.45) is 0 Å². The van der Waals surface area contributed by atoms with Crippen LogP contribution < -0.4 is 16.0 Å². The number of aromatic nitrogens is 1. The van der Waals surface area contributed by atoms with E-state index < -0.39 is 0 Å². The summed E-state index contributed by atoms with van der Waals surface area (Å²) in [5.41, 5.74) is 7.49. The number of benzene rings is 1. The summed E-state index contributed by atoms with van der Waals surface area (Å²) in [6, 6.07) is 10.1. The first-order valence-corrected chi connectivity index (χ1v) is 7.57. The molecule has 0 radical (unpaired) electrons. The Morgan fingerprint density at radius 2 is 2.05 bits per heavy atom. The number of carbonyl (C=O) groups excluding carboxylic acids is 1. The molecule has 2 rings (SSSR count). The molecule has 1 amide bonds. The van der Waals surface area contributed by atoms with Crippen molar-refractivity contribution in [1.29, 1.82) is 0 Å². The third kappa shape index (κ3) is 3.72. The van der Waals surface area contributed by atoms with Gasteiger partial charge in [-0.05, 0) is 30.9 Å². The molecular weight excluding hydrogens is 284 g/mol. The minimum Gasteiger partial charge on any atom is -0.382 e. The Kier molecular flexibility index (Phi) is 4.80. The van der Waals surface area contributed by atoms with Gasteiger partial charge in [0.2, 0.25) is 0 Å². The van der Waals surface area contributed by atoms with Crippen LogP contribution in [0.3, 0.4) is 0 Å². The zero-order valence-corrected chi connectivity index (χ0v) is 13.3. The van der Waals surface area contributed by atoms with Crippen LogP contribution in [-0.2, 0) is 6.54 Å². The molecule has 112 valence electrons. The van der Waals surface area contributed by atoms with Crippen LogP contribution in [0.4, 0.5) is 10.8 Å². The molecule has 0 spiro atoms. The Bertz CT molecular complexity index is 609. The first-order chi connectivity index (χ1) is 9.99. The lowest BCUT2D eigenvalue weighted by Gasteiger charge is -2.19. The van der Waals surface area contributed by atoms with Gasteiger partial charge < -0.3 is 16.0 Å². The van der Waals surface area contributed by atoms with Gasteiger partial charge in [-0.15, -0.1) is 0 Å². The van der Waals surface area contributed by atoms with E-state index in [0.717, 1.165) is 5.00 Å². The van der Waals surface area contributed by atoms with Gasteiger partial charge in [-0.25, -0.2) is 0 Å². The Balaban J connectivity index is 2.22. The van der Waals surface area contributed by atoms with Crippen LogP contribution in [0.15, 0.2) is 30.3 Å². The number of hydrogen-bond donors (Lipinski definition) is 2. The highest BCUT2D eigenvalue weighted by atomic mass is 32.1. The summed E-state index contributed by atoms with van der Waals surface area (Å²) in [6.45, 7) is 4.53. The van der Waals surface area contributed by atoms with E-state index in [0.29, 0.717) is 12.1 Å². The van der Waals surface area contributed by atoms with Crippen molar-refractivity contribution in [2.45, 2.75) is 26.4 Å². The van der Waals surface area contributed by atoms with Gasteiger partial charge in [-0.1, -0.05) is 30.3 Å². The molecule has 0 unspecified atom stereocenters. The quantitative estimate of drug-likeness (QED) is 0.890.